The van der Waals surface area contributed by atoms with E-state index in [1.807, 2.05) is 0 Å². The molecule has 0 radical (unpaired) electrons. The molecule has 6 heteroatoms. The highest BCUT2D eigenvalue weighted by Crippen LogP contribution is 2.15. The zero-order valence-electron chi connectivity index (χ0n) is 44.2. The number of hydrogen-bond acceptors (Lipinski definition) is 6. The predicted octanol–water partition coefficient (Wildman–Crippen LogP) is 19.0. The van der Waals surface area contributed by atoms with Crippen molar-refractivity contribution in [2.24, 2.45) is 0 Å². The summed E-state index contributed by atoms with van der Waals surface area (Å²) < 4.78 is 16.8. The van der Waals surface area contributed by atoms with Crippen LogP contribution in [0.1, 0.15) is 278 Å². The van der Waals surface area contributed by atoms with Crippen molar-refractivity contribution in [1.29, 1.82) is 0 Å². The first-order valence-corrected chi connectivity index (χ1v) is 28.4. The van der Waals surface area contributed by atoms with Gasteiger partial charge in [0.15, 0.2) is 6.10 Å². The van der Waals surface area contributed by atoms with E-state index in [2.05, 4.69) is 93.7 Å². The van der Waals surface area contributed by atoms with Crippen molar-refractivity contribution >= 4 is 17.9 Å². The van der Waals surface area contributed by atoms with Gasteiger partial charge >= 0.3 is 17.9 Å². The minimum atomic E-state index is -0.805. The third-order valence-corrected chi connectivity index (χ3v) is 12.2. The summed E-state index contributed by atoms with van der Waals surface area (Å²) in [6.07, 6.45) is 70.4. The number of ether oxygens (including phenoxy) is 3. The molecule has 386 valence electrons. The summed E-state index contributed by atoms with van der Waals surface area (Å²) in [6.45, 7) is 6.49. The van der Waals surface area contributed by atoms with Crippen LogP contribution in [0.25, 0.3) is 0 Å². The topological polar surface area (TPSA) is 78.9 Å². The van der Waals surface area contributed by atoms with E-state index in [1.54, 1.807) is 0 Å². The van der Waals surface area contributed by atoms with Gasteiger partial charge in [-0.15, -0.1) is 0 Å². The molecule has 0 saturated heterocycles. The molecule has 0 aliphatic heterocycles. The second kappa shape index (κ2) is 55.4. The molecule has 0 bridgehead atoms. The highest BCUT2D eigenvalue weighted by molar-refractivity contribution is 5.71. The van der Waals surface area contributed by atoms with Crippen LogP contribution >= 0.6 is 0 Å². The summed E-state index contributed by atoms with van der Waals surface area (Å²) in [7, 11) is 0. The fourth-order valence-electron chi connectivity index (χ4n) is 7.94. The summed E-state index contributed by atoms with van der Waals surface area (Å²) in [5, 5.41) is 0. The SMILES string of the molecule is CC/C=C\C/C=C\C/C=C\C/C=C\C/C=C\CCCC(=O)O[C@@H](COC(=O)CCCCCCCCC/C=C\CCCCCCCCCC)COC(=O)CCCCCCCCCCCCCCC. The number of esters is 3. The lowest BCUT2D eigenvalue weighted by molar-refractivity contribution is -0.167. The molecule has 0 saturated carbocycles. The average molecular weight is 936 g/mol. The van der Waals surface area contributed by atoms with Crippen LogP contribution in [0.5, 0.6) is 0 Å². The summed E-state index contributed by atoms with van der Waals surface area (Å²) >= 11 is 0. The molecule has 0 spiro atoms. The van der Waals surface area contributed by atoms with Crippen LogP contribution in [0.15, 0.2) is 72.9 Å². The summed E-state index contributed by atoms with van der Waals surface area (Å²) in [5.74, 6) is -0.952. The second-order valence-corrected chi connectivity index (χ2v) is 18.8. The number of rotatable bonds is 51. The maximum absolute atomic E-state index is 12.8. The van der Waals surface area contributed by atoms with E-state index >= 15 is 0 Å². The normalized spacial score (nSPS) is 12.6. The van der Waals surface area contributed by atoms with Crippen molar-refractivity contribution in [3.63, 3.8) is 0 Å². The molecule has 0 amide bonds. The Morgan fingerprint density at radius 3 is 0.970 bits per heavy atom. The van der Waals surface area contributed by atoms with Gasteiger partial charge in [-0.1, -0.05) is 248 Å². The van der Waals surface area contributed by atoms with Crippen molar-refractivity contribution in [3.8, 4) is 0 Å². The standard InChI is InChI=1S/C61H106O6/c1-4-7-10-13-16-19-22-25-27-29-30-32-33-36-39-42-45-48-51-54-60(63)66-57-58(56-65-59(62)53-50-47-44-41-38-35-24-21-18-15-12-9-6-3)67-61(64)55-52-49-46-43-40-37-34-31-28-26-23-20-17-14-11-8-5-2/h8,11,17,20,26,28-30,34,37,43,46,58H,4-7,9-10,12-16,18-19,21-25,27,31-33,35-36,38-42,44-45,47-57H2,1-3H3/b11-8-,20-17-,28-26-,30-29-,37-34-,46-43-/t58-/m1/s1. The lowest BCUT2D eigenvalue weighted by atomic mass is 10.0. The lowest BCUT2D eigenvalue weighted by Gasteiger charge is -2.18. The zero-order chi connectivity index (χ0) is 48.6. The van der Waals surface area contributed by atoms with E-state index < -0.39 is 6.10 Å². The Morgan fingerprint density at radius 1 is 0.313 bits per heavy atom. The molecule has 0 aromatic carbocycles. The van der Waals surface area contributed by atoms with E-state index in [1.165, 1.54) is 154 Å². The molecule has 0 aromatic rings. The Morgan fingerprint density at radius 2 is 0.597 bits per heavy atom. The van der Waals surface area contributed by atoms with E-state index in [9.17, 15) is 14.4 Å². The van der Waals surface area contributed by atoms with Gasteiger partial charge < -0.3 is 14.2 Å². The van der Waals surface area contributed by atoms with Gasteiger partial charge in [0.25, 0.3) is 0 Å². The first-order chi connectivity index (χ1) is 33.0. The fourth-order valence-corrected chi connectivity index (χ4v) is 7.94. The number of carbonyl (C=O) groups is 3. The first kappa shape index (κ1) is 63.8. The minimum absolute atomic E-state index is 0.0971. The van der Waals surface area contributed by atoms with Crippen LogP contribution in [0.2, 0.25) is 0 Å². The molecular weight excluding hydrogens is 829 g/mol. The average Bonchev–Trinajstić information content (AvgIpc) is 3.33. The third-order valence-electron chi connectivity index (χ3n) is 12.2. The fraction of sp³-hybridized carbons (Fsp3) is 0.754. The van der Waals surface area contributed by atoms with Crippen molar-refractivity contribution in [3.05, 3.63) is 72.9 Å². The number of hydrogen-bond donors (Lipinski definition) is 0. The summed E-state index contributed by atoms with van der Waals surface area (Å²) in [5.41, 5.74) is 0. The molecule has 0 N–H and O–H groups in total. The molecule has 6 nitrogen and oxygen atoms in total. The highest BCUT2D eigenvalue weighted by Gasteiger charge is 2.19. The molecule has 0 aliphatic carbocycles. The Balaban J connectivity index is 4.44. The van der Waals surface area contributed by atoms with E-state index in [0.717, 1.165) is 77.0 Å². The van der Waals surface area contributed by atoms with Gasteiger partial charge in [-0.25, -0.2) is 0 Å². The number of carbonyl (C=O) groups excluding carboxylic acids is 3. The Kier molecular flexibility index (Phi) is 52.8. The van der Waals surface area contributed by atoms with Crippen molar-refractivity contribution in [2.45, 2.75) is 284 Å². The monoisotopic (exact) mass is 935 g/mol. The Hall–Kier alpha value is -3.15. The van der Waals surface area contributed by atoms with E-state index in [4.69, 9.17) is 14.2 Å². The summed E-state index contributed by atoms with van der Waals surface area (Å²) in [4.78, 5) is 38.1. The molecular formula is C61H106O6. The molecule has 0 aliphatic rings. The van der Waals surface area contributed by atoms with Gasteiger partial charge in [0, 0.05) is 19.3 Å². The summed E-state index contributed by atoms with van der Waals surface area (Å²) in [6, 6.07) is 0. The second-order valence-electron chi connectivity index (χ2n) is 18.8. The van der Waals surface area contributed by atoms with Crippen LogP contribution in [-0.4, -0.2) is 37.2 Å². The largest absolute Gasteiger partial charge is 0.462 e. The van der Waals surface area contributed by atoms with Crippen molar-refractivity contribution in [2.75, 3.05) is 13.2 Å². The van der Waals surface area contributed by atoms with Crippen molar-refractivity contribution in [1.82, 2.24) is 0 Å². The van der Waals surface area contributed by atoms with Crippen LogP contribution < -0.4 is 0 Å². The Bertz CT molecular complexity index is 1260. The van der Waals surface area contributed by atoms with Gasteiger partial charge in [0.05, 0.1) is 0 Å². The Labute approximate surface area is 414 Å². The molecule has 67 heavy (non-hydrogen) atoms. The van der Waals surface area contributed by atoms with E-state index in [-0.39, 0.29) is 37.5 Å². The van der Waals surface area contributed by atoms with Gasteiger partial charge in [0.2, 0.25) is 0 Å². The van der Waals surface area contributed by atoms with Crippen LogP contribution in [0, 0.1) is 0 Å². The maximum Gasteiger partial charge on any atom is 0.306 e. The molecule has 1 atom stereocenters. The number of allylic oxidation sites excluding steroid dienone is 12. The highest BCUT2D eigenvalue weighted by atomic mass is 16.6. The van der Waals surface area contributed by atoms with Gasteiger partial charge in [-0.05, 0) is 83.5 Å². The van der Waals surface area contributed by atoms with Crippen LogP contribution in [0.3, 0.4) is 0 Å². The third kappa shape index (κ3) is 53.7. The molecule has 0 fully saturated rings. The lowest BCUT2D eigenvalue weighted by Crippen LogP contribution is -2.30. The maximum atomic E-state index is 12.8. The van der Waals surface area contributed by atoms with Gasteiger partial charge in [0.1, 0.15) is 13.2 Å². The van der Waals surface area contributed by atoms with Crippen molar-refractivity contribution < 1.29 is 28.6 Å². The molecule has 0 unspecified atom stereocenters. The predicted molar refractivity (Wildman–Crippen MR) is 288 cm³/mol. The molecule has 0 aromatic heterocycles. The van der Waals surface area contributed by atoms with Gasteiger partial charge in [-0.2, -0.15) is 0 Å². The first-order valence-electron chi connectivity index (χ1n) is 28.4. The number of unbranched alkanes of at least 4 members (excludes halogenated alkanes) is 28. The smallest absolute Gasteiger partial charge is 0.306 e. The van der Waals surface area contributed by atoms with Crippen LogP contribution in [-0.2, 0) is 28.6 Å². The molecule has 0 rings (SSSR count). The quantitative estimate of drug-likeness (QED) is 0.0262. The zero-order valence-corrected chi connectivity index (χ0v) is 44.2. The van der Waals surface area contributed by atoms with E-state index in [0.29, 0.717) is 19.3 Å². The molecule has 0 heterocycles. The van der Waals surface area contributed by atoms with Gasteiger partial charge in [-0.3, -0.25) is 14.4 Å². The minimum Gasteiger partial charge on any atom is -0.462 e. The van der Waals surface area contributed by atoms with Crippen LogP contribution in [0.4, 0.5) is 0 Å².